The van der Waals surface area contributed by atoms with E-state index in [-0.39, 0.29) is 35.5 Å². The summed E-state index contributed by atoms with van der Waals surface area (Å²) in [5.41, 5.74) is 14.2. The van der Waals surface area contributed by atoms with Crippen molar-refractivity contribution in [1.29, 1.82) is 0 Å². The SMILES string of the molecule is CC[C@H](CC[C@@H](C)[C@H]1CC[C@H]2[C@@H]3CC=C4C[C@@H](OC(=O)CCCC(=O)N(CCCCCCCC(C)N)CCC(C)N)CC[C@]4(C)[C@H]3CC[C@]12C)C(C)C. The van der Waals surface area contributed by atoms with Crippen LogP contribution in [-0.2, 0) is 14.3 Å². The first kappa shape index (κ1) is 44.3. The Labute approximate surface area is 327 Å². The van der Waals surface area contributed by atoms with Gasteiger partial charge in [0.1, 0.15) is 6.10 Å². The van der Waals surface area contributed by atoms with E-state index in [9.17, 15) is 9.59 Å². The molecule has 53 heavy (non-hydrogen) atoms. The molecule has 4 N–H and O–H groups in total. The fraction of sp³-hybridized carbons (Fsp3) is 0.915. The minimum atomic E-state index is -0.132. The lowest BCUT2D eigenvalue weighted by atomic mass is 9.47. The van der Waals surface area contributed by atoms with Crippen LogP contribution in [0, 0.1) is 52.3 Å². The second-order valence-corrected chi connectivity index (χ2v) is 19.8. The molecular weight excluding hydrogens is 655 g/mol. The highest BCUT2D eigenvalue weighted by Crippen LogP contribution is 2.67. The summed E-state index contributed by atoms with van der Waals surface area (Å²) >= 11 is 0. The highest BCUT2D eigenvalue weighted by Gasteiger charge is 2.59. The first-order valence-electron chi connectivity index (χ1n) is 22.9. The monoisotopic (exact) mass is 740 g/mol. The number of unbranched alkanes of at least 4 members (excludes halogenated alkanes) is 4. The number of carbonyl (C=O) groups is 2. The first-order chi connectivity index (χ1) is 25.2. The third-order valence-electron chi connectivity index (χ3n) is 15.6. The van der Waals surface area contributed by atoms with Gasteiger partial charge in [-0.3, -0.25) is 9.59 Å². The van der Waals surface area contributed by atoms with E-state index in [4.69, 9.17) is 16.2 Å². The van der Waals surface area contributed by atoms with Crippen LogP contribution in [0.15, 0.2) is 11.6 Å². The van der Waals surface area contributed by atoms with Crippen LogP contribution < -0.4 is 11.5 Å². The first-order valence-corrected chi connectivity index (χ1v) is 22.9. The van der Waals surface area contributed by atoms with Gasteiger partial charge in [-0.15, -0.1) is 0 Å². The van der Waals surface area contributed by atoms with Gasteiger partial charge in [-0.1, -0.05) is 91.7 Å². The molecule has 0 bridgehead atoms. The number of carbonyl (C=O) groups excluding carboxylic acids is 2. The summed E-state index contributed by atoms with van der Waals surface area (Å²) in [6.45, 7) is 20.6. The van der Waals surface area contributed by atoms with Gasteiger partial charge in [0.2, 0.25) is 5.91 Å². The molecule has 0 aromatic rings. The van der Waals surface area contributed by atoms with Crippen molar-refractivity contribution in [2.45, 2.75) is 208 Å². The molecule has 0 spiro atoms. The second kappa shape index (κ2) is 20.7. The van der Waals surface area contributed by atoms with E-state index in [1.54, 1.807) is 5.57 Å². The molecule has 4 aliphatic rings. The van der Waals surface area contributed by atoms with Gasteiger partial charge in [0.15, 0.2) is 0 Å². The molecule has 0 aromatic carbocycles. The van der Waals surface area contributed by atoms with Gasteiger partial charge < -0.3 is 21.1 Å². The van der Waals surface area contributed by atoms with Crippen LogP contribution in [0.3, 0.4) is 0 Å². The van der Waals surface area contributed by atoms with Gasteiger partial charge in [-0.2, -0.15) is 0 Å². The molecule has 6 heteroatoms. The fourth-order valence-corrected chi connectivity index (χ4v) is 12.2. The Kier molecular flexibility index (Phi) is 17.3. The molecule has 6 nitrogen and oxygen atoms in total. The summed E-state index contributed by atoms with van der Waals surface area (Å²) in [4.78, 5) is 28.3. The van der Waals surface area contributed by atoms with Gasteiger partial charge in [-0.05, 0) is 143 Å². The zero-order valence-electron chi connectivity index (χ0n) is 35.9. The lowest BCUT2D eigenvalue weighted by molar-refractivity contribution is -0.151. The molecule has 4 rings (SSSR count). The van der Waals surface area contributed by atoms with Gasteiger partial charge in [0.25, 0.3) is 0 Å². The van der Waals surface area contributed by atoms with E-state index >= 15 is 0 Å². The van der Waals surface area contributed by atoms with Crippen molar-refractivity contribution >= 4 is 11.9 Å². The average Bonchev–Trinajstić information content (AvgIpc) is 3.46. The van der Waals surface area contributed by atoms with E-state index < -0.39 is 0 Å². The maximum absolute atomic E-state index is 13.2. The second-order valence-electron chi connectivity index (χ2n) is 19.8. The van der Waals surface area contributed by atoms with Gasteiger partial charge in [0.05, 0.1) is 0 Å². The van der Waals surface area contributed by atoms with Gasteiger partial charge in [-0.25, -0.2) is 0 Å². The summed E-state index contributed by atoms with van der Waals surface area (Å²) in [5, 5.41) is 0. The summed E-state index contributed by atoms with van der Waals surface area (Å²) < 4.78 is 6.13. The number of fused-ring (bicyclic) bond motifs is 5. The number of allylic oxidation sites excluding steroid dienone is 1. The zero-order chi connectivity index (χ0) is 38.8. The Morgan fingerprint density at radius 3 is 2.23 bits per heavy atom. The number of hydrogen-bond acceptors (Lipinski definition) is 5. The molecule has 3 fully saturated rings. The zero-order valence-corrected chi connectivity index (χ0v) is 35.9. The van der Waals surface area contributed by atoms with Crippen LogP contribution in [0.4, 0.5) is 0 Å². The van der Waals surface area contributed by atoms with Crippen LogP contribution in [0.2, 0.25) is 0 Å². The van der Waals surface area contributed by atoms with E-state index in [0.29, 0.717) is 31.2 Å². The molecule has 0 saturated heterocycles. The third-order valence-corrected chi connectivity index (χ3v) is 15.6. The van der Waals surface area contributed by atoms with Crippen LogP contribution in [0.5, 0.6) is 0 Å². The minimum Gasteiger partial charge on any atom is -0.462 e. The maximum Gasteiger partial charge on any atom is 0.306 e. The Morgan fingerprint density at radius 2 is 1.53 bits per heavy atom. The molecule has 0 heterocycles. The molecule has 3 saturated carbocycles. The number of nitrogens with zero attached hydrogens (tertiary/aromatic N) is 1. The Bertz CT molecular complexity index is 1170. The maximum atomic E-state index is 13.2. The molecule has 1 amide bonds. The Hall–Kier alpha value is -1.40. The van der Waals surface area contributed by atoms with Crippen molar-refractivity contribution in [2.24, 2.45) is 63.7 Å². The van der Waals surface area contributed by atoms with Crippen molar-refractivity contribution in [3.05, 3.63) is 11.6 Å². The van der Waals surface area contributed by atoms with Crippen LogP contribution in [0.1, 0.15) is 190 Å². The number of nitrogens with two attached hydrogens (primary N) is 2. The molecule has 306 valence electrons. The predicted octanol–water partition coefficient (Wildman–Crippen LogP) is 11.0. The minimum absolute atomic E-state index is 0.0203. The van der Waals surface area contributed by atoms with Crippen molar-refractivity contribution in [3.63, 3.8) is 0 Å². The Balaban J connectivity index is 1.23. The quantitative estimate of drug-likeness (QED) is 0.0654. The van der Waals surface area contributed by atoms with E-state index in [2.05, 4.69) is 54.5 Å². The van der Waals surface area contributed by atoms with E-state index in [1.807, 2.05) is 11.8 Å². The van der Waals surface area contributed by atoms with Crippen molar-refractivity contribution in [2.75, 3.05) is 13.1 Å². The predicted molar refractivity (Wildman–Crippen MR) is 222 cm³/mol. The van der Waals surface area contributed by atoms with Gasteiger partial charge >= 0.3 is 5.97 Å². The normalized spacial score (nSPS) is 31.8. The third kappa shape index (κ3) is 11.8. The highest BCUT2D eigenvalue weighted by atomic mass is 16.5. The lowest BCUT2D eigenvalue weighted by Crippen LogP contribution is -2.51. The number of ether oxygens (including phenoxy) is 1. The Morgan fingerprint density at radius 1 is 0.811 bits per heavy atom. The highest BCUT2D eigenvalue weighted by molar-refractivity contribution is 5.77. The summed E-state index contributed by atoms with van der Waals surface area (Å²) in [6.07, 6.45) is 25.4. The molecule has 4 aliphatic carbocycles. The lowest BCUT2D eigenvalue weighted by Gasteiger charge is -2.58. The van der Waals surface area contributed by atoms with Crippen molar-refractivity contribution in [3.8, 4) is 0 Å². The van der Waals surface area contributed by atoms with E-state index in [0.717, 1.165) is 92.9 Å². The molecular formula is C47H85N3O3. The van der Waals surface area contributed by atoms with Crippen molar-refractivity contribution < 1.29 is 14.3 Å². The number of rotatable bonds is 22. The molecule has 2 unspecified atom stereocenters. The van der Waals surface area contributed by atoms with Crippen molar-refractivity contribution in [1.82, 2.24) is 4.90 Å². The summed E-state index contributed by atoms with van der Waals surface area (Å²) in [6, 6.07) is 0.349. The molecule has 0 aromatic heterocycles. The number of amides is 1. The van der Waals surface area contributed by atoms with Crippen LogP contribution in [-0.4, -0.2) is 48.1 Å². The molecule has 0 radical (unpaired) electrons. The molecule has 11 atom stereocenters. The van der Waals surface area contributed by atoms with E-state index in [1.165, 1.54) is 70.6 Å². The standard InChI is InChI=1S/C47H85N3O3/c1-9-37(33(2)3)20-19-34(4)41-23-24-42-40-22-21-38-32-39(25-28-46(38,7)43(40)26-29-47(41,42)8)53-45(52)18-15-17-44(51)50(31-27-36(6)49)30-14-12-10-11-13-16-35(5)48/h21,33-37,39-43H,9-20,22-32,48-49H2,1-8H3/t34-,35?,36?,37-,39+,40+,41-,42+,43+,46+,47-/m1/s1. The average molecular weight is 740 g/mol. The number of hydrogen-bond donors (Lipinski definition) is 2. The number of esters is 1. The summed E-state index contributed by atoms with van der Waals surface area (Å²) in [5.74, 6) is 5.84. The van der Waals surface area contributed by atoms with Gasteiger partial charge in [0, 0.05) is 44.4 Å². The fourth-order valence-electron chi connectivity index (χ4n) is 12.2. The smallest absolute Gasteiger partial charge is 0.306 e. The largest absolute Gasteiger partial charge is 0.462 e. The topological polar surface area (TPSA) is 98.7 Å². The molecule has 0 aliphatic heterocycles. The van der Waals surface area contributed by atoms with Crippen LogP contribution >= 0.6 is 0 Å². The summed E-state index contributed by atoms with van der Waals surface area (Å²) in [7, 11) is 0. The van der Waals surface area contributed by atoms with Crippen LogP contribution in [0.25, 0.3) is 0 Å².